The van der Waals surface area contributed by atoms with Crippen LogP contribution in [0.2, 0.25) is 0 Å². The summed E-state index contributed by atoms with van der Waals surface area (Å²) in [6.45, 7) is 1.34. The number of aromatic nitrogens is 3. The van der Waals surface area contributed by atoms with Crippen molar-refractivity contribution in [2.24, 2.45) is 0 Å². The molecule has 1 fully saturated rings. The maximum atomic E-state index is 13.1. The number of halogens is 3. The Morgan fingerprint density at radius 2 is 1.72 bits per heavy atom. The molecule has 4 rings (SSSR count). The number of ether oxygens (including phenoxy) is 1. The van der Waals surface area contributed by atoms with Crippen LogP contribution >= 0.6 is 11.8 Å². The molecule has 0 atom stereocenters. The second-order valence-corrected chi connectivity index (χ2v) is 7.55. The zero-order chi connectivity index (χ0) is 20.4. The Bertz CT molecular complexity index is 978. The molecule has 1 amide bonds. The number of carbonyl (C=O) groups is 1. The van der Waals surface area contributed by atoms with Gasteiger partial charge in [0, 0.05) is 37.0 Å². The van der Waals surface area contributed by atoms with E-state index in [0.717, 1.165) is 11.5 Å². The summed E-state index contributed by atoms with van der Waals surface area (Å²) in [6.07, 6.45) is 0.324. The molecule has 29 heavy (non-hydrogen) atoms. The predicted octanol–water partition coefficient (Wildman–Crippen LogP) is 3.75. The van der Waals surface area contributed by atoms with Gasteiger partial charge < -0.3 is 14.2 Å². The summed E-state index contributed by atoms with van der Waals surface area (Å²) in [5.41, 5.74) is 0.945. The SMILES string of the molecule is O=C(c1cnn(-c2ccc(OC(F)(F)F)cc2)c1-n1cccc1)N1CCSCC1. The van der Waals surface area contributed by atoms with Crippen molar-refractivity contribution in [2.45, 2.75) is 6.36 Å². The molecule has 152 valence electrons. The summed E-state index contributed by atoms with van der Waals surface area (Å²) in [6, 6.07) is 9.01. The van der Waals surface area contributed by atoms with Crippen LogP contribution in [0.15, 0.2) is 55.0 Å². The van der Waals surface area contributed by atoms with E-state index >= 15 is 0 Å². The van der Waals surface area contributed by atoms with Gasteiger partial charge in [-0.15, -0.1) is 13.2 Å². The highest BCUT2D eigenvalue weighted by molar-refractivity contribution is 7.99. The first-order valence-corrected chi connectivity index (χ1v) is 10.0. The van der Waals surface area contributed by atoms with Gasteiger partial charge in [0.25, 0.3) is 5.91 Å². The number of amides is 1. The van der Waals surface area contributed by atoms with E-state index in [1.165, 1.54) is 35.1 Å². The van der Waals surface area contributed by atoms with E-state index in [-0.39, 0.29) is 11.7 Å². The van der Waals surface area contributed by atoms with Gasteiger partial charge in [-0.3, -0.25) is 4.79 Å². The van der Waals surface area contributed by atoms with Crippen molar-refractivity contribution in [1.29, 1.82) is 0 Å². The number of thioether (sulfide) groups is 1. The average molecular weight is 422 g/mol. The van der Waals surface area contributed by atoms with Crippen LogP contribution in [-0.4, -0.2) is 56.1 Å². The second kappa shape index (κ2) is 7.86. The largest absolute Gasteiger partial charge is 0.573 e. The lowest BCUT2D eigenvalue weighted by atomic mass is 10.2. The van der Waals surface area contributed by atoms with Crippen molar-refractivity contribution in [2.75, 3.05) is 24.6 Å². The molecule has 0 spiro atoms. The van der Waals surface area contributed by atoms with Crippen LogP contribution in [0.3, 0.4) is 0 Å². The van der Waals surface area contributed by atoms with Crippen LogP contribution in [-0.2, 0) is 0 Å². The molecular weight excluding hydrogens is 405 g/mol. The monoisotopic (exact) mass is 422 g/mol. The molecule has 3 heterocycles. The molecule has 3 aromatic rings. The Labute approximate surface area is 168 Å². The van der Waals surface area contributed by atoms with E-state index in [2.05, 4.69) is 9.84 Å². The molecule has 1 saturated heterocycles. The van der Waals surface area contributed by atoms with Gasteiger partial charge >= 0.3 is 6.36 Å². The quantitative estimate of drug-likeness (QED) is 0.643. The maximum absolute atomic E-state index is 13.1. The molecule has 0 N–H and O–H groups in total. The van der Waals surface area contributed by atoms with Crippen LogP contribution < -0.4 is 4.74 Å². The summed E-state index contributed by atoms with van der Waals surface area (Å²) in [4.78, 5) is 14.9. The normalized spacial score (nSPS) is 14.8. The molecule has 0 unspecified atom stereocenters. The zero-order valence-electron chi connectivity index (χ0n) is 15.2. The minimum absolute atomic E-state index is 0.114. The molecule has 0 bridgehead atoms. The van der Waals surface area contributed by atoms with E-state index < -0.39 is 6.36 Å². The number of hydrogen-bond acceptors (Lipinski definition) is 4. The third kappa shape index (κ3) is 4.26. The van der Waals surface area contributed by atoms with Gasteiger partial charge in [0.1, 0.15) is 11.3 Å². The first-order valence-electron chi connectivity index (χ1n) is 8.87. The number of hydrogen-bond donors (Lipinski definition) is 0. The molecule has 10 heteroatoms. The summed E-state index contributed by atoms with van der Waals surface area (Å²) in [7, 11) is 0. The van der Waals surface area contributed by atoms with Gasteiger partial charge in [0.2, 0.25) is 0 Å². The van der Waals surface area contributed by atoms with Crippen molar-refractivity contribution in [3.05, 3.63) is 60.6 Å². The molecule has 0 radical (unpaired) electrons. The van der Waals surface area contributed by atoms with Crippen molar-refractivity contribution < 1.29 is 22.7 Å². The van der Waals surface area contributed by atoms with Crippen molar-refractivity contribution in [3.8, 4) is 17.3 Å². The fourth-order valence-electron chi connectivity index (χ4n) is 3.13. The van der Waals surface area contributed by atoms with Gasteiger partial charge in [0.05, 0.1) is 11.9 Å². The molecule has 0 saturated carbocycles. The average Bonchev–Trinajstić information content (AvgIpc) is 3.37. The maximum Gasteiger partial charge on any atom is 0.573 e. The second-order valence-electron chi connectivity index (χ2n) is 6.33. The lowest BCUT2D eigenvalue weighted by molar-refractivity contribution is -0.274. The zero-order valence-corrected chi connectivity index (χ0v) is 16.0. The first-order chi connectivity index (χ1) is 13.9. The molecule has 6 nitrogen and oxygen atoms in total. The summed E-state index contributed by atoms with van der Waals surface area (Å²) in [5.74, 6) is 1.87. The fourth-order valence-corrected chi connectivity index (χ4v) is 4.03. The fraction of sp³-hybridized carbons (Fsp3) is 0.263. The van der Waals surface area contributed by atoms with Crippen LogP contribution in [0.4, 0.5) is 13.2 Å². The van der Waals surface area contributed by atoms with E-state index in [4.69, 9.17) is 0 Å². The standard InChI is InChI=1S/C19H17F3N4O2S/c20-19(21,22)28-15-5-3-14(4-6-15)26-17(24-7-1-2-8-24)16(13-23-26)18(27)25-9-11-29-12-10-25/h1-8,13H,9-12H2. The number of carbonyl (C=O) groups excluding carboxylic acids is 1. The van der Waals surface area contributed by atoms with Crippen LogP contribution in [0.1, 0.15) is 10.4 Å². The Hall–Kier alpha value is -2.88. The smallest absolute Gasteiger partial charge is 0.406 e. The molecule has 1 aliphatic heterocycles. The Balaban J connectivity index is 1.71. The van der Waals surface area contributed by atoms with E-state index in [9.17, 15) is 18.0 Å². The highest BCUT2D eigenvalue weighted by Crippen LogP contribution is 2.26. The molecule has 2 aromatic heterocycles. The minimum Gasteiger partial charge on any atom is -0.406 e. The number of alkyl halides is 3. The summed E-state index contributed by atoms with van der Waals surface area (Å²) < 4.78 is 44.4. The van der Waals surface area contributed by atoms with E-state index in [1.807, 2.05) is 23.9 Å². The molecule has 1 aromatic carbocycles. The molecular formula is C19H17F3N4O2S. The lowest BCUT2D eigenvalue weighted by Gasteiger charge is -2.26. The van der Waals surface area contributed by atoms with Gasteiger partial charge in [-0.1, -0.05) is 0 Å². The highest BCUT2D eigenvalue weighted by atomic mass is 32.2. The number of benzene rings is 1. The minimum atomic E-state index is -4.75. The van der Waals surface area contributed by atoms with Crippen LogP contribution in [0.25, 0.3) is 11.5 Å². The van der Waals surface area contributed by atoms with Crippen LogP contribution in [0, 0.1) is 0 Å². The van der Waals surface area contributed by atoms with Crippen molar-refractivity contribution in [1.82, 2.24) is 19.2 Å². The van der Waals surface area contributed by atoms with Gasteiger partial charge in [0.15, 0.2) is 5.82 Å². The Kier molecular flexibility index (Phi) is 5.27. The first kappa shape index (κ1) is 19.4. The molecule has 0 aliphatic carbocycles. The van der Waals surface area contributed by atoms with Gasteiger partial charge in [-0.25, -0.2) is 4.68 Å². The topological polar surface area (TPSA) is 52.3 Å². The van der Waals surface area contributed by atoms with Crippen LogP contribution in [0.5, 0.6) is 5.75 Å². The van der Waals surface area contributed by atoms with Crippen molar-refractivity contribution in [3.63, 3.8) is 0 Å². The molecule has 1 aliphatic rings. The number of rotatable bonds is 4. The third-order valence-electron chi connectivity index (χ3n) is 4.44. The number of nitrogens with zero attached hydrogens (tertiary/aromatic N) is 4. The summed E-state index contributed by atoms with van der Waals surface area (Å²) in [5, 5.41) is 4.34. The van der Waals surface area contributed by atoms with Crippen molar-refractivity contribution >= 4 is 17.7 Å². The Morgan fingerprint density at radius 1 is 1.07 bits per heavy atom. The summed E-state index contributed by atoms with van der Waals surface area (Å²) >= 11 is 1.81. The van der Waals surface area contributed by atoms with E-state index in [1.54, 1.807) is 21.9 Å². The lowest BCUT2D eigenvalue weighted by Crippen LogP contribution is -2.38. The third-order valence-corrected chi connectivity index (χ3v) is 5.38. The van der Waals surface area contributed by atoms with Gasteiger partial charge in [-0.05, 0) is 36.4 Å². The van der Waals surface area contributed by atoms with Gasteiger partial charge in [-0.2, -0.15) is 16.9 Å². The highest BCUT2D eigenvalue weighted by Gasteiger charge is 2.31. The predicted molar refractivity (Wildman–Crippen MR) is 103 cm³/mol. The Morgan fingerprint density at radius 3 is 2.34 bits per heavy atom. The van der Waals surface area contributed by atoms with E-state index in [0.29, 0.717) is 30.2 Å².